The van der Waals surface area contributed by atoms with E-state index >= 15 is 0 Å². The van der Waals surface area contributed by atoms with Crippen molar-refractivity contribution in [2.45, 2.75) is 6.92 Å². The van der Waals surface area contributed by atoms with Crippen LogP contribution in [-0.2, 0) is 9.53 Å². The van der Waals surface area contributed by atoms with Gasteiger partial charge in [0.15, 0.2) is 0 Å². The molecular formula is C15H13NO3. The lowest BCUT2D eigenvalue weighted by atomic mass is 10.1. The van der Waals surface area contributed by atoms with E-state index in [4.69, 9.17) is 21.2 Å². The summed E-state index contributed by atoms with van der Waals surface area (Å²) < 4.78 is 9.98. The summed E-state index contributed by atoms with van der Waals surface area (Å²) in [5, 5.41) is 8.89. The fraction of sp³-hybridized carbons (Fsp3) is 0.200. The summed E-state index contributed by atoms with van der Waals surface area (Å²) in [6.07, 6.45) is 6.54. The number of hydrogen-bond acceptors (Lipinski definition) is 4. The third-order valence-corrected chi connectivity index (χ3v) is 2.13. The molecule has 4 heteroatoms. The first-order valence-electron chi connectivity index (χ1n) is 5.66. The monoisotopic (exact) mass is 255 g/mol. The van der Waals surface area contributed by atoms with Gasteiger partial charge in [0.25, 0.3) is 0 Å². The van der Waals surface area contributed by atoms with Gasteiger partial charge in [0.05, 0.1) is 6.61 Å². The topological polar surface area (TPSA) is 59.3 Å². The smallest absolute Gasteiger partial charge is 0.348 e. The molecule has 0 aliphatic carbocycles. The molecule has 1 aromatic carbocycles. The molecule has 0 amide bonds. The highest BCUT2D eigenvalue weighted by Crippen LogP contribution is 2.14. The van der Waals surface area contributed by atoms with E-state index < -0.39 is 5.97 Å². The fourth-order valence-corrected chi connectivity index (χ4v) is 1.30. The van der Waals surface area contributed by atoms with Crippen LogP contribution in [0.25, 0.3) is 6.08 Å². The van der Waals surface area contributed by atoms with Gasteiger partial charge in [-0.05, 0) is 30.7 Å². The van der Waals surface area contributed by atoms with Crippen molar-refractivity contribution in [2.75, 3.05) is 13.2 Å². The molecule has 0 aromatic heterocycles. The highest BCUT2D eigenvalue weighted by atomic mass is 16.5. The first-order valence-corrected chi connectivity index (χ1v) is 5.66. The molecule has 0 N–H and O–H groups in total. The molecule has 4 nitrogen and oxygen atoms in total. The number of benzene rings is 1. The van der Waals surface area contributed by atoms with Crippen LogP contribution >= 0.6 is 0 Å². The molecule has 0 heterocycles. The van der Waals surface area contributed by atoms with Crippen LogP contribution in [0.15, 0.2) is 29.8 Å². The Labute approximate surface area is 112 Å². The largest absolute Gasteiger partial charge is 0.481 e. The Morgan fingerprint density at radius 1 is 1.42 bits per heavy atom. The predicted octanol–water partition coefficient (Wildman–Crippen LogP) is 2.17. The molecule has 0 saturated carbocycles. The van der Waals surface area contributed by atoms with Crippen molar-refractivity contribution in [1.29, 1.82) is 5.26 Å². The van der Waals surface area contributed by atoms with Crippen molar-refractivity contribution in [3.63, 3.8) is 0 Å². The minimum Gasteiger partial charge on any atom is -0.481 e. The van der Waals surface area contributed by atoms with Crippen LogP contribution in [0.2, 0.25) is 0 Å². The number of rotatable bonds is 5. The van der Waals surface area contributed by atoms with Gasteiger partial charge < -0.3 is 9.47 Å². The number of terminal acetylenes is 1. The summed E-state index contributed by atoms with van der Waals surface area (Å²) in [6, 6.07) is 8.69. The van der Waals surface area contributed by atoms with E-state index in [2.05, 4.69) is 5.92 Å². The lowest BCUT2D eigenvalue weighted by Crippen LogP contribution is -2.05. The minimum atomic E-state index is -0.627. The SMILES string of the molecule is C#CCOc1ccc(/C=C(/C#N)C(=O)OCC)cc1. The molecule has 1 rings (SSSR count). The zero-order chi connectivity index (χ0) is 14.1. The second-order valence-electron chi connectivity index (χ2n) is 3.45. The van der Waals surface area contributed by atoms with E-state index in [-0.39, 0.29) is 18.8 Å². The molecular weight excluding hydrogens is 242 g/mol. The van der Waals surface area contributed by atoms with E-state index in [1.54, 1.807) is 31.2 Å². The summed E-state index contributed by atoms with van der Waals surface area (Å²) in [5.74, 6) is 2.36. The summed E-state index contributed by atoms with van der Waals surface area (Å²) >= 11 is 0. The normalized spacial score (nSPS) is 10.2. The zero-order valence-electron chi connectivity index (χ0n) is 10.6. The average molecular weight is 255 g/mol. The van der Waals surface area contributed by atoms with Gasteiger partial charge in [0.1, 0.15) is 24.0 Å². The van der Waals surface area contributed by atoms with Crippen LogP contribution in [-0.4, -0.2) is 19.2 Å². The number of carbonyl (C=O) groups excluding carboxylic acids is 1. The highest BCUT2D eigenvalue weighted by molar-refractivity contribution is 5.97. The number of ether oxygens (including phenoxy) is 2. The van der Waals surface area contributed by atoms with Gasteiger partial charge in [0.2, 0.25) is 0 Å². The second-order valence-corrected chi connectivity index (χ2v) is 3.45. The fourth-order valence-electron chi connectivity index (χ4n) is 1.30. The molecule has 0 fully saturated rings. The van der Waals surface area contributed by atoms with E-state index in [0.29, 0.717) is 11.3 Å². The van der Waals surface area contributed by atoms with Crippen molar-refractivity contribution in [3.8, 4) is 24.2 Å². The van der Waals surface area contributed by atoms with Crippen LogP contribution in [0.4, 0.5) is 0 Å². The molecule has 0 atom stereocenters. The van der Waals surface area contributed by atoms with Gasteiger partial charge in [-0.1, -0.05) is 18.1 Å². The standard InChI is InChI=1S/C15H13NO3/c1-3-9-19-14-7-5-12(6-8-14)10-13(11-16)15(17)18-4-2/h1,5-8,10H,4,9H2,2H3/b13-10-. The Kier molecular flexibility index (Phi) is 5.72. The molecule has 1 aromatic rings. The van der Waals surface area contributed by atoms with Crippen molar-refractivity contribution in [3.05, 3.63) is 35.4 Å². The molecule has 0 unspecified atom stereocenters. The maximum absolute atomic E-state index is 11.4. The molecule has 0 radical (unpaired) electrons. The van der Waals surface area contributed by atoms with Crippen LogP contribution in [0, 0.1) is 23.7 Å². The molecule has 19 heavy (non-hydrogen) atoms. The number of carbonyl (C=O) groups is 1. The number of nitriles is 1. The predicted molar refractivity (Wildman–Crippen MR) is 71.0 cm³/mol. The van der Waals surface area contributed by atoms with Crippen LogP contribution in [0.5, 0.6) is 5.75 Å². The number of nitrogens with zero attached hydrogens (tertiary/aromatic N) is 1. The van der Waals surface area contributed by atoms with Gasteiger partial charge >= 0.3 is 5.97 Å². The third-order valence-electron chi connectivity index (χ3n) is 2.13. The van der Waals surface area contributed by atoms with E-state index in [1.807, 2.05) is 6.07 Å². The Balaban J connectivity index is 2.83. The zero-order valence-corrected chi connectivity index (χ0v) is 10.6. The Morgan fingerprint density at radius 2 is 2.11 bits per heavy atom. The maximum atomic E-state index is 11.4. The Bertz CT molecular complexity index is 544. The number of esters is 1. The highest BCUT2D eigenvalue weighted by Gasteiger charge is 2.09. The molecule has 0 aliphatic heterocycles. The first-order chi connectivity index (χ1) is 9.21. The molecule has 96 valence electrons. The maximum Gasteiger partial charge on any atom is 0.348 e. The van der Waals surface area contributed by atoms with Crippen molar-refractivity contribution < 1.29 is 14.3 Å². The minimum absolute atomic E-state index is 0.0425. The summed E-state index contributed by atoms with van der Waals surface area (Å²) in [6.45, 7) is 2.11. The first kappa shape index (κ1) is 14.3. The molecule has 0 saturated heterocycles. The Hall–Kier alpha value is -2.72. The Morgan fingerprint density at radius 3 is 2.63 bits per heavy atom. The average Bonchev–Trinajstić information content (AvgIpc) is 2.44. The molecule has 0 bridgehead atoms. The van der Waals surface area contributed by atoms with E-state index in [0.717, 1.165) is 0 Å². The number of hydrogen-bond donors (Lipinski definition) is 0. The van der Waals surface area contributed by atoms with Gasteiger partial charge in [-0.3, -0.25) is 0 Å². The van der Waals surface area contributed by atoms with E-state index in [9.17, 15) is 4.79 Å². The third kappa shape index (κ3) is 4.57. The summed E-state index contributed by atoms with van der Waals surface area (Å²) in [5.41, 5.74) is 0.664. The quantitative estimate of drug-likeness (QED) is 0.350. The van der Waals surface area contributed by atoms with Crippen LogP contribution < -0.4 is 4.74 Å². The van der Waals surface area contributed by atoms with Crippen molar-refractivity contribution >= 4 is 12.0 Å². The van der Waals surface area contributed by atoms with Crippen LogP contribution in [0.1, 0.15) is 12.5 Å². The lowest BCUT2D eigenvalue weighted by molar-refractivity contribution is -0.137. The lowest BCUT2D eigenvalue weighted by Gasteiger charge is -2.03. The van der Waals surface area contributed by atoms with Gasteiger partial charge in [0, 0.05) is 0 Å². The molecule has 0 spiro atoms. The second kappa shape index (κ2) is 7.58. The summed E-state index contributed by atoms with van der Waals surface area (Å²) in [7, 11) is 0. The summed E-state index contributed by atoms with van der Waals surface area (Å²) in [4.78, 5) is 11.4. The van der Waals surface area contributed by atoms with Gasteiger partial charge in [-0.25, -0.2) is 4.79 Å². The van der Waals surface area contributed by atoms with E-state index in [1.165, 1.54) is 6.08 Å². The van der Waals surface area contributed by atoms with Gasteiger partial charge in [-0.2, -0.15) is 5.26 Å². The molecule has 0 aliphatic rings. The van der Waals surface area contributed by atoms with Crippen molar-refractivity contribution in [1.82, 2.24) is 0 Å². The van der Waals surface area contributed by atoms with Gasteiger partial charge in [-0.15, -0.1) is 6.42 Å². The van der Waals surface area contributed by atoms with Crippen LogP contribution in [0.3, 0.4) is 0 Å². The van der Waals surface area contributed by atoms with Crippen molar-refractivity contribution in [2.24, 2.45) is 0 Å².